The van der Waals surface area contributed by atoms with Crippen LogP contribution in [-0.4, -0.2) is 85.7 Å². The van der Waals surface area contributed by atoms with Gasteiger partial charge in [-0.05, 0) is 55.5 Å². The minimum atomic E-state index is -0.592. The molecule has 0 radical (unpaired) electrons. The summed E-state index contributed by atoms with van der Waals surface area (Å²) in [5.41, 5.74) is 1.57. The van der Waals surface area contributed by atoms with E-state index in [-0.39, 0.29) is 61.3 Å². The number of hydrogen-bond donors (Lipinski definition) is 4. The molecule has 0 fully saturated rings. The van der Waals surface area contributed by atoms with Crippen LogP contribution in [0.25, 0.3) is 0 Å². The number of ether oxygens (including phenoxy) is 4. The summed E-state index contributed by atoms with van der Waals surface area (Å²) >= 11 is 0. The summed E-state index contributed by atoms with van der Waals surface area (Å²) < 4.78 is 22.4. The van der Waals surface area contributed by atoms with Gasteiger partial charge in [0.25, 0.3) is 5.91 Å². The van der Waals surface area contributed by atoms with Gasteiger partial charge in [0, 0.05) is 37.0 Å². The normalized spacial score (nSPS) is 17.6. The maximum Gasteiger partial charge on any atom is 0.323 e. The molecule has 13 nitrogen and oxygen atoms in total. The summed E-state index contributed by atoms with van der Waals surface area (Å²) in [6.07, 6.45) is -0.592. The highest BCUT2D eigenvalue weighted by molar-refractivity contribution is 6.04. The van der Waals surface area contributed by atoms with Crippen molar-refractivity contribution >= 4 is 35.0 Å². The number of carbonyl (C=O) groups is 3. The number of benzene rings is 3. The van der Waals surface area contributed by atoms with E-state index in [9.17, 15) is 19.5 Å². The second-order valence-electron chi connectivity index (χ2n) is 11.0. The number of hydrogen-bond acceptors (Lipinski definition) is 8. The Morgan fingerprint density at radius 2 is 1.78 bits per heavy atom. The molecule has 3 aromatic rings. The van der Waals surface area contributed by atoms with Crippen molar-refractivity contribution in [3.05, 3.63) is 66.2 Å². The number of carbonyl (C=O) groups excluding carboxylic acids is 3. The third-order valence-corrected chi connectivity index (χ3v) is 7.71. The van der Waals surface area contributed by atoms with Gasteiger partial charge in [0.05, 0.1) is 37.6 Å². The molecule has 0 unspecified atom stereocenters. The van der Waals surface area contributed by atoms with Gasteiger partial charge in [-0.2, -0.15) is 0 Å². The van der Waals surface area contributed by atoms with E-state index in [0.717, 1.165) is 0 Å². The molecular weight excluding hydrogens is 582 g/mol. The number of aliphatic hydroxyl groups excluding tert-OH is 1. The van der Waals surface area contributed by atoms with E-state index in [4.69, 9.17) is 18.9 Å². The number of likely N-dealkylation sites (N-methyl/N-ethyl adjacent to an activating group) is 1. The van der Waals surface area contributed by atoms with Gasteiger partial charge in [0.15, 0.2) is 17.2 Å². The highest BCUT2D eigenvalue weighted by atomic mass is 16.7. The molecular formula is C32H37N5O8. The van der Waals surface area contributed by atoms with Gasteiger partial charge in [-0.3, -0.25) is 4.79 Å². The van der Waals surface area contributed by atoms with Crippen LogP contribution in [0.4, 0.5) is 26.7 Å². The van der Waals surface area contributed by atoms with Crippen molar-refractivity contribution in [1.82, 2.24) is 9.80 Å². The zero-order valence-electron chi connectivity index (χ0n) is 25.5. The number of para-hydroxylation sites is 1. The van der Waals surface area contributed by atoms with Crippen LogP contribution >= 0.6 is 0 Å². The van der Waals surface area contributed by atoms with E-state index in [1.807, 2.05) is 6.92 Å². The molecule has 5 rings (SSSR count). The monoisotopic (exact) mass is 619 g/mol. The molecule has 0 aromatic heterocycles. The van der Waals surface area contributed by atoms with Crippen LogP contribution in [-0.2, 0) is 0 Å². The van der Waals surface area contributed by atoms with E-state index in [1.54, 1.807) is 86.6 Å². The first-order valence-electron chi connectivity index (χ1n) is 14.5. The fraction of sp³-hybridized carbons (Fsp3) is 0.344. The summed E-state index contributed by atoms with van der Waals surface area (Å²) in [5, 5.41) is 18.4. The molecule has 5 amide bonds. The number of nitrogens with one attached hydrogen (secondary N) is 3. The Morgan fingerprint density at radius 3 is 2.51 bits per heavy atom. The first kappa shape index (κ1) is 31.3. The van der Waals surface area contributed by atoms with Crippen molar-refractivity contribution in [3.63, 3.8) is 0 Å². The van der Waals surface area contributed by atoms with Crippen molar-refractivity contribution < 1.29 is 38.4 Å². The first-order chi connectivity index (χ1) is 21.7. The van der Waals surface area contributed by atoms with Gasteiger partial charge in [-0.25, -0.2) is 9.59 Å². The Morgan fingerprint density at radius 1 is 1.04 bits per heavy atom. The SMILES string of the molecule is COc1ccc(NC(=O)Nc2cccc3c2O[C@H](CN(C)C(=O)Nc2ccc4c(c2)OCO4)[C@H](C)CN([C@@H](C)CO)C3=O)cc1. The summed E-state index contributed by atoms with van der Waals surface area (Å²) in [4.78, 5) is 43.0. The van der Waals surface area contributed by atoms with Crippen molar-refractivity contribution in [3.8, 4) is 23.0 Å². The topological polar surface area (TPSA) is 151 Å². The number of fused-ring (bicyclic) bond motifs is 2. The van der Waals surface area contributed by atoms with Gasteiger partial charge < -0.3 is 49.8 Å². The highest BCUT2D eigenvalue weighted by Gasteiger charge is 2.35. The maximum atomic E-state index is 13.7. The summed E-state index contributed by atoms with van der Waals surface area (Å²) in [6.45, 7) is 3.99. The molecule has 238 valence electrons. The van der Waals surface area contributed by atoms with Gasteiger partial charge in [-0.15, -0.1) is 0 Å². The lowest BCUT2D eigenvalue weighted by molar-refractivity contribution is 0.0373. The molecule has 3 atom stereocenters. The lowest BCUT2D eigenvalue weighted by atomic mass is 9.99. The van der Waals surface area contributed by atoms with Crippen molar-refractivity contribution in [1.29, 1.82) is 0 Å². The lowest BCUT2D eigenvalue weighted by Gasteiger charge is -2.38. The third-order valence-electron chi connectivity index (χ3n) is 7.71. The van der Waals surface area contributed by atoms with Crippen LogP contribution in [0.3, 0.4) is 0 Å². The van der Waals surface area contributed by atoms with Crippen molar-refractivity contribution in [2.75, 3.05) is 56.6 Å². The molecule has 13 heteroatoms. The second-order valence-corrected chi connectivity index (χ2v) is 11.0. The fourth-order valence-electron chi connectivity index (χ4n) is 5.06. The molecule has 2 heterocycles. The van der Waals surface area contributed by atoms with Gasteiger partial charge in [-0.1, -0.05) is 13.0 Å². The minimum absolute atomic E-state index is 0.124. The summed E-state index contributed by atoms with van der Waals surface area (Å²) in [5.74, 6) is 1.36. The standard InChI is InChI=1S/C32H37N5O8/c1-19-15-37(20(2)17-38)30(39)24-6-5-7-25(35-31(40)33-21-8-11-23(42-4)12-9-21)29(24)45-28(19)16-36(3)32(41)34-22-10-13-26-27(14-22)44-18-43-26/h5-14,19-20,28,38H,15-18H2,1-4H3,(H,34,41)(H2,33,35,40)/t19-,20+,28-/m1/s1. The van der Waals surface area contributed by atoms with Gasteiger partial charge in [0.2, 0.25) is 6.79 Å². The van der Waals surface area contributed by atoms with E-state index in [1.165, 1.54) is 4.90 Å². The lowest BCUT2D eigenvalue weighted by Crippen LogP contribution is -2.50. The molecule has 0 saturated heterocycles. The van der Waals surface area contributed by atoms with Crippen LogP contribution in [0.2, 0.25) is 0 Å². The largest absolute Gasteiger partial charge is 0.497 e. The van der Waals surface area contributed by atoms with E-state index >= 15 is 0 Å². The van der Waals surface area contributed by atoms with Crippen LogP contribution in [0, 0.1) is 5.92 Å². The molecule has 4 N–H and O–H groups in total. The predicted octanol–water partition coefficient (Wildman–Crippen LogP) is 4.45. The number of methoxy groups -OCH3 is 1. The van der Waals surface area contributed by atoms with Crippen LogP contribution in [0.15, 0.2) is 60.7 Å². The molecule has 0 spiro atoms. The predicted molar refractivity (Wildman–Crippen MR) is 167 cm³/mol. The average Bonchev–Trinajstić information content (AvgIpc) is 3.51. The minimum Gasteiger partial charge on any atom is -0.497 e. The quantitative estimate of drug-likeness (QED) is 0.289. The molecule has 0 bridgehead atoms. The average molecular weight is 620 g/mol. The molecule has 0 aliphatic carbocycles. The van der Waals surface area contributed by atoms with E-state index in [2.05, 4.69) is 16.0 Å². The number of aliphatic hydroxyl groups is 1. The Hall–Kier alpha value is -5.17. The number of nitrogens with zero attached hydrogens (tertiary/aromatic N) is 2. The van der Waals surface area contributed by atoms with Crippen molar-refractivity contribution in [2.24, 2.45) is 5.92 Å². The van der Waals surface area contributed by atoms with Crippen LogP contribution in [0.5, 0.6) is 23.0 Å². The molecule has 2 aliphatic heterocycles. The number of rotatable bonds is 8. The Kier molecular flexibility index (Phi) is 9.48. The van der Waals surface area contributed by atoms with E-state index in [0.29, 0.717) is 28.6 Å². The van der Waals surface area contributed by atoms with Gasteiger partial charge in [0.1, 0.15) is 11.9 Å². The third kappa shape index (κ3) is 7.15. The number of amides is 5. The van der Waals surface area contributed by atoms with Crippen molar-refractivity contribution in [2.45, 2.75) is 26.0 Å². The van der Waals surface area contributed by atoms with Gasteiger partial charge >= 0.3 is 12.1 Å². The second kappa shape index (κ2) is 13.6. The molecule has 45 heavy (non-hydrogen) atoms. The summed E-state index contributed by atoms with van der Waals surface area (Å²) in [7, 11) is 3.20. The Bertz CT molecular complexity index is 1550. The highest BCUT2D eigenvalue weighted by Crippen LogP contribution is 2.36. The van der Waals surface area contributed by atoms with Crippen LogP contribution in [0.1, 0.15) is 24.2 Å². The maximum absolute atomic E-state index is 13.7. The zero-order chi connectivity index (χ0) is 32.1. The number of anilines is 3. The molecule has 2 aliphatic rings. The molecule has 3 aromatic carbocycles. The smallest absolute Gasteiger partial charge is 0.323 e. The number of urea groups is 2. The fourth-order valence-corrected chi connectivity index (χ4v) is 5.06. The Balaban J connectivity index is 1.38. The zero-order valence-corrected chi connectivity index (χ0v) is 25.5. The van der Waals surface area contributed by atoms with E-state index < -0.39 is 18.2 Å². The Labute approximate surface area is 261 Å². The van der Waals surface area contributed by atoms with Crippen LogP contribution < -0.4 is 34.9 Å². The first-order valence-corrected chi connectivity index (χ1v) is 14.5. The molecule has 0 saturated carbocycles. The summed E-state index contributed by atoms with van der Waals surface area (Å²) in [6, 6.07) is 15.5.